The summed E-state index contributed by atoms with van der Waals surface area (Å²) in [5.41, 5.74) is 1.80. The van der Waals surface area contributed by atoms with Gasteiger partial charge in [0.05, 0.1) is 11.7 Å². The third-order valence-corrected chi connectivity index (χ3v) is 2.91. The molecule has 0 aromatic heterocycles. The molecule has 0 fully saturated rings. The number of ketones is 1. The van der Waals surface area contributed by atoms with Crippen LogP contribution in [-0.4, -0.2) is 11.5 Å². The Bertz CT molecular complexity index is 379. The Hall–Kier alpha value is -1.20. The lowest BCUT2D eigenvalue weighted by Crippen LogP contribution is -2.14. The van der Waals surface area contributed by atoms with Crippen molar-refractivity contribution in [2.75, 3.05) is 5.75 Å². The van der Waals surface area contributed by atoms with Gasteiger partial charge in [0.15, 0.2) is 5.78 Å². The Morgan fingerprint density at radius 3 is 3.23 bits per heavy atom. The number of carbonyl (C=O) groups is 1. The molecule has 2 aliphatic rings. The molecule has 1 unspecified atom stereocenters. The molecule has 1 heterocycles. The molecule has 0 saturated carbocycles. The second kappa shape index (κ2) is 3.27. The van der Waals surface area contributed by atoms with Gasteiger partial charge in [0.2, 0.25) is 0 Å². The van der Waals surface area contributed by atoms with Crippen molar-refractivity contribution in [1.82, 2.24) is 0 Å². The fourth-order valence-corrected chi connectivity index (χ4v) is 2.15. The molecule has 0 saturated heterocycles. The van der Waals surface area contributed by atoms with Crippen molar-refractivity contribution in [2.24, 2.45) is 5.92 Å². The molecule has 0 spiro atoms. The van der Waals surface area contributed by atoms with E-state index >= 15 is 0 Å². The van der Waals surface area contributed by atoms with Crippen LogP contribution in [0.1, 0.15) is 0 Å². The molecule has 1 atom stereocenters. The van der Waals surface area contributed by atoms with Crippen molar-refractivity contribution in [3.63, 3.8) is 0 Å². The lowest BCUT2D eigenvalue weighted by Gasteiger charge is -2.17. The van der Waals surface area contributed by atoms with Crippen LogP contribution < -0.4 is 0 Å². The van der Waals surface area contributed by atoms with Crippen LogP contribution in [-0.2, 0) is 4.79 Å². The van der Waals surface area contributed by atoms with E-state index in [1.54, 1.807) is 11.8 Å². The second-order valence-electron chi connectivity index (χ2n) is 2.94. The minimum atomic E-state index is -0.0146. The smallest absolute Gasteiger partial charge is 0.173 e. The van der Waals surface area contributed by atoms with Gasteiger partial charge in [0.25, 0.3) is 0 Å². The average Bonchev–Trinajstić information content (AvgIpc) is 2.18. The Morgan fingerprint density at radius 2 is 2.46 bits per heavy atom. The Morgan fingerprint density at radius 1 is 1.62 bits per heavy atom. The van der Waals surface area contributed by atoms with Gasteiger partial charge in [-0.1, -0.05) is 24.1 Å². The number of hydrogen-bond acceptors (Lipinski definition) is 2. The molecule has 0 amide bonds. The van der Waals surface area contributed by atoms with Gasteiger partial charge >= 0.3 is 0 Å². The quantitative estimate of drug-likeness (QED) is 0.540. The van der Waals surface area contributed by atoms with Gasteiger partial charge in [-0.15, -0.1) is 18.2 Å². The number of allylic oxidation sites excluding steroid dienone is 5. The Balaban J connectivity index is 2.41. The number of terminal acetylenes is 1. The van der Waals surface area contributed by atoms with Gasteiger partial charge in [0.1, 0.15) is 0 Å². The molecule has 0 aromatic carbocycles. The number of Topliss-reactive ketones (excluding diaryl/α,β-unsaturated/α-hetero) is 1. The van der Waals surface area contributed by atoms with Crippen molar-refractivity contribution < 1.29 is 4.79 Å². The van der Waals surface area contributed by atoms with Crippen LogP contribution in [0.5, 0.6) is 0 Å². The summed E-state index contributed by atoms with van der Waals surface area (Å²) in [6.07, 6.45) is 11.0. The largest absolute Gasteiger partial charge is 0.293 e. The van der Waals surface area contributed by atoms with Crippen molar-refractivity contribution in [3.8, 4) is 12.3 Å². The van der Waals surface area contributed by atoms with Gasteiger partial charge in [0, 0.05) is 5.57 Å². The van der Waals surface area contributed by atoms with E-state index in [0.717, 1.165) is 11.1 Å². The molecule has 2 rings (SSSR count). The van der Waals surface area contributed by atoms with Crippen LogP contribution in [0.3, 0.4) is 0 Å². The topological polar surface area (TPSA) is 17.1 Å². The SMILES string of the molecule is C#CC1C=CC2=CSCC(=O)C2=C1. The molecule has 1 aliphatic carbocycles. The monoisotopic (exact) mass is 188 g/mol. The summed E-state index contributed by atoms with van der Waals surface area (Å²) in [5, 5.41) is 2.01. The summed E-state index contributed by atoms with van der Waals surface area (Å²) in [5.74, 6) is 3.32. The Labute approximate surface area is 81.6 Å². The molecular formula is C11H8OS. The van der Waals surface area contributed by atoms with E-state index in [1.807, 2.05) is 23.6 Å². The molecule has 0 N–H and O–H groups in total. The van der Waals surface area contributed by atoms with Crippen LogP contribution in [0.2, 0.25) is 0 Å². The highest BCUT2D eigenvalue weighted by atomic mass is 32.2. The summed E-state index contributed by atoms with van der Waals surface area (Å²) in [7, 11) is 0. The van der Waals surface area contributed by atoms with Crippen LogP contribution in [0, 0.1) is 18.3 Å². The van der Waals surface area contributed by atoms with Crippen LogP contribution in [0.15, 0.2) is 34.8 Å². The molecule has 0 radical (unpaired) electrons. The third-order valence-electron chi connectivity index (χ3n) is 2.06. The molecular weight excluding hydrogens is 180 g/mol. The Kier molecular flexibility index (Phi) is 2.12. The lowest BCUT2D eigenvalue weighted by atomic mass is 9.92. The van der Waals surface area contributed by atoms with E-state index in [4.69, 9.17) is 6.42 Å². The van der Waals surface area contributed by atoms with Gasteiger partial charge in [-0.25, -0.2) is 0 Å². The van der Waals surface area contributed by atoms with Crippen LogP contribution in [0.4, 0.5) is 0 Å². The van der Waals surface area contributed by atoms with E-state index in [-0.39, 0.29) is 11.7 Å². The summed E-state index contributed by atoms with van der Waals surface area (Å²) in [4.78, 5) is 11.5. The first-order chi connectivity index (χ1) is 6.31. The van der Waals surface area contributed by atoms with E-state index in [0.29, 0.717) is 5.75 Å². The fraction of sp³-hybridized carbons (Fsp3) is 0.182. The van der Waals surface area contributed by atoms with E-state index in [1.165, 1.54) is 0 Å². The average molecular weight is 188 g/mol. The standard InChI is InChI=1S/C11H8OS/c1-2-8-3-4-9-6-13-7-11(12)10(9)5-8/h1,3-6,8H,7H2. The number of carbonyl (C=O) groups excluding carboxylic acids is 1. The summed E-state index contributed by atoms with van der Waals surface area (Å²) in [6.45, 7) is 0. The molecule has 0 bridgehead atoms. The molecule has 13 heavy (non-hydrogen) atoms. The molecule has 64 valence electrons. The molecule has 2 heteroatoms. The zero-order valence-electron chi connectivity index (χ0n) is 6.99. The number of hydrogen-bond donors (Lipinski definition) is 0. The van der Waals surface area contributed by atoms with E-state index in [9.17, 15) is 4.79 Å². The normalized spacial score (nSPS) is 25.8. The van der Waals surface area contributed by atoms with Crippen molar-refractivity contribution in [1.29, 1.82) is 0 Å². The summed E-state index contributed by atoms with van der Waals surface area (Å²) < 4.78 is 0. The summed E-state index contributed by atoms with van der Waals surface area (Å²) in [6, 6.07) is 0. The van der Waals surface area contributed by atoms with Gasteiger partial charge < -0.3 is 0 Å². The maximum Gasteiger partial charge on any atom is 0.173 e. The van der Waals surface area contributed by atoms with Gasteiger partial charge in [-0.2, -0.15) is 0 Å². The van der Waals surface area contributed by atoms with Crippen molar-refractivity contribution >= 4 is 17.5 Å². The highest BCUT2D eigenvalue weighted by Gasteiger charge is 2.20. The van der Waals surface area contributed by atoms with E-state index < -0.39 is 0 Å². The first-order valence-electron chi connectivity index (χ1n) is 4.03. The van der Waals surface area contributed by atoms with Crippen molar-refractivity contribution in [2.45, 2.75) is 0 Å². The molecule has 1 aliphatic heterocycles. The lowest BCUT2D eigenvalue weighted by molar-refractivity contribution is -0.113. The number of rotatable bonds is 0. The van der Waals surface area contributed by atoms with Crippen molar-refractivity contribution in [3.05, 3.63) is 34.8 Å². The zero-order valence-corrected chi connectivity index (χ0v) is 7.80. The minimum Gasteiger partial charge on any atom is -0.293 e. The maximum absolute atomic E-state index is 11.5. The highest BCUT2D eigenvalue weighted by molar-refractivity contribution is 8.02. The molecule has 0 aromatic rings. The van der Waals surface area contributed by atoms with E-state index in [2.05, 4.69) is 5.92 Å². The predicted molar refractivity (Wildman–Crippen MR) is 55.1 cm³/mol. The van der Waals surface area contributed by atoms with Gasteiger partial charge in [-0.05, 0) is 11.0 Å². The first-order valence-corrected chi connectivity index (χ1v) is 5.07. The minimum absolute atomic E-state index is 0.0146. The van der Waals surface area contributed by atoms with Crippen LogP contribution >= 0.6 is 11.8 Å². The van der Waals surface area contributed by atoms with Gasteiger partial charge in [-0.3, -0.25) is 4.79 Å². The number of fused-ring (bicyclic) bond motifs is 1. The highest BCUT2D eigenvalue weighted by Crippen LogP contribution is 2.29. The number of thioether (sulfide) groups is 1. The predicted octanol–water partition coefficient (Wildman–Crippen LogP) is 1.93. The third kappa shape index (κ3) is 1.48. The maximum atomic E-state index is 11.5. The molecule has 1 nitrogen and oxygen atoms in total. The zero-order chi connectivity index (χ0) is 9.26. The second-order valence-corrected chi connectivity index (χ2v) is 3.80. The fourth-order valence-electron chi connectivity index (χ4n) is 1.37. The summed E-state index contributed by atoms with van der Waals surface area (Å²) >= 11 is 1.54. The first kappa shape index (κ1) is 8.40. The van der Waals surface area contributed by atoms with Crippen LogP contribution in [0.25, 0.3) is 0 Å².